The number of ether oxygens (including phenoxy) is 2. The van der Waals surface area contributed by atoms with E-state index < -0.39 is 10.0 Å². The maximum absolute atomic E-state index is 12.5. The van der Waals surface area contributed by atoms with E-state index >= 15 is 0 Å². The third-order valence-electron chi connectivity index (χ3n) is 8.57. The van der Waals surface area contributed by atoms with Crippen LogP contribution in [0.4, 0.5) is 10.7 Å². The van der Waals surface area contributed by atoms with Gasteiger partial charge in [-0.05, 0) is 74.3 Å². The van der Waals surface area contributed by atoms with Crippen molar-refractivity contribution in [2.24, 2.45) is 5.92 Å². The van der Waals surface area contributed by atoms with Crippen LogP contribution < -0.4 is 14.8 Å². The summed E-state index contributed by atoms with van der Waals surface area (Å²) in [6.07, 6.45) is 9.64. The van der Waals surface area contributed by atoms with Gasteiger partial charge in [-0.2, -0.15) is 4.98 Å². The van der Waals surface area contributed by atoms with Crippen LogP contribution in [0.25, 0.3) is 16.7 Å². The first-order valence-corrected chi connectivity index (χ1v) is 17.5. The topological polar surface area (TPSA) is 128 Å². The molecule has 1 aliphatic carbocycles. The SMILES string of the molecule is CS(=O)(=O)N[C@H]1CC[C@H](Nc2nccc(-n3ccc4c(OCC5CCN(C(=O)OCc6ccccc6)CC5)cccc43)n2)CC1. The minimum atomic E-state index is -3.20. The molecule has 2 aromatic carbocycles. The van der Waals surface area contributed by atoms with Crippen LogP contribution in [0.5, 0.6) is 5.75 Å². The van der Waals surface area contributed by atoms with Gasteiger partial charge in [-0.25, -0.2) is 22.9 Å². The summed E-state index contributed by atoms with van der Waals surface area (Å²) < 4.78 is 39.7. The van der Waals surface area contributed by atoms with Crippen molar-refractivity contribution >= 4 is 33.0 Å². The molecule has 1 saturated heterocycles. The zero-order chi connectivity index (χ0) is 31.2. The first kappa shape index (κ1) is 30.8. The number of sulfonamides is 1. The van der Waals surface area contributed by atoms with E-state index in [0.29, 0.717) is 31.6 Å². The third-order valence-corrected chi connectivity index (χ3v) is 9.34. The van der Waals surface area contributed by atoms with Gasteiger partial charge in [0.25, 0.3) is 0 Å². The van der Waals surface area contributed by atoms with Crippen LogP contribution in [0.1, 0.15) is 44.1 Å². The Balaban J connectivity index is 1.02. The predicted molar refractivity (Wildman–Crippen MR) is 173 cm³/mol. The van der Waals surface area contributed by atoms with Crippen molar-refractivity contribution in [3.8, 4) is 11.6 Å². The lowest BCUT2D eigenvalue weighted by Crippen LogP contribution is -2.39. The van der Waals surface area contributed by atoms with E-state index in [1.807, 2.05) is 71.4 Å². The molecule has 0 unspecified atom stereocenters. The van der Waals surface area contributed by atoms with E-state index in [0.717, 1.165) is 66.6 Å². The van der Waals surface area contributed by atoms with Crippen molar-refractivity contribution in [2.45, 2.75) is 57.2 Å². The Morgan fingerprint density at radius 3 is 2.44 bits per heavy atom. The molecule has 0 radical (unpaired) electrons. The first-order chi connectivity index (χ1) is 21.8. The summed E-state index contributed by atoms with van der Waals surface area (Å²) in [4.78, 5) is 23.5. The maximum atomic E-state index is 12.5. The molecule has 2 fully saturated rings. The number of carbonyl (C=O) groups is 1. The lowest BCUT2D eigenvalue weighted by molar-refractivity contribution is 0.0762. The summed E-state index contributed by atoms with van der Waals surface area (Å²) in [5, 5.41) is 4.44. The second kappa shape index (κ2) is 13.9. The first-order valence-electron chi connectivity index (χ1n) is 15.6. The number of hydrogen-bond acceptors (Lipinski definition) is 8. The molecule has 1 aliphatic heterocycles. The zero-order valence-electron chi connectivity index (χ0n) is 25.5. The zero-order valence-corrected chi connectivity index (χ0v) is 26.3. The normalized spacial score (nSPS) is 19.4. The summed E-state index contributed by atoms with van der Waals surface area (Å²) in [5.74, 6) is 2.48. The highest BCUT2D eigenvalue weighted by atomic mass is 32.2. The summed E-state index contributed by atoms with van der Waals surface area (Å²) in [7, 11) is -3.20. The molecule has 3 heterocycles. The highest BCUT2D eigenvalue weighted by Gasteiger charge is 2.25. The highest BCUT2D eigenvalue weighted by Crippen LogP contribution is 2.30. The quantitative estimate of drug-likeness (QED) is 0.247. The molecule has 11 nitrogen and oxygen atoms in total. The van der Waals surface area contributed by atoms with Crippen molar-refractivity contribution in [3.05, 3.63) is 78.6 Å². The van der Waals surface area contributed by atoms with E-state index in [1.165, 1.54) is 6.26 Å². The Bertz CT molecular complexity index is 1700. The third kappa shape index (κ3) is 8.12. The fraction of sp³-hybridized carbons (Fsp3) is 0.424. The average molecular weight is 633 g/mol. The number of hydrogen-bond donors (Lipinski definition) is 2. The molecule has 6 rings (SSSR count). The van der Waals surface area contributed by atoms with Gasteiger partial charge < -0.3 is 24.3 Å². The molecule has 2 N–H and O–H groups in total. The molecule has 1 saturated carbocycles. The fourth-order valence-electron chi connectivity index (χ4n) is 6.16. The Labute approximate surface area is 264 Å². The molecule has 0 bridgehead atoms. The minimum Gasteiger partial charge on any atom is -0.493 e. The standard InChI is InChI=1S/C33H40N6O5S/c1-45(41,42)37-27-12-10-26(11-13-27)35-32-34-18-14-31(36-32)39-21-17-28-29(39)8-5-9-30(28)43-22-25-15-19-38(20-16-25)33(40)44-23-24-6-3-2-4-7-24/h2-9,14,17-18,21,25-27,37H,10-13,15-16,19-20,22-23H2,1H3,(H,34,35,36)/t26-,27-. The van der Waals surface area contributed by atoms with Crippen molar-refractivity contribution in [3.63, 3.8) is 0 Å². The Morgan fingerprint density at radius 2 is 1.69 bits per heavy atom. The van der Waals surface area contributed by atoms with Crippen LogP contribution in [-0.2, 0) is 21.4 Å². The van der Waals surface area contributed by atoms with Crippen LogP contribution in [0.15, 0.2) is 73.1 Å². The molecule has 2 aliphatic rings. The van der Waals surface area contributed by atoms with Crippen LogP contribution in [0, 0.1) is 5.92 Å². The average Bonchev–Trinajstić information content (AvgIpc) is 3.49. The van der Waals surface area contributed by atoms with Gasteiger partial charge in [-0.3, -0.25) is 0 Å². The van der Waals surface area contributed by atoms with E-state index in [9.17, 15) is 13.2 Å². The molecule has 0 atom stereocenters. The number of carbonyl (C=O) groups excluding carboxylic acids is 1. The summed E-state index contributed by atoms with van der Waals surface area (Å²) in [6.45, 7) is 2.18. The van der Waals surface area contributed by atoms with E-state index in [2.05, 4.69) is 15.0 Å². The minimum absolute atomic E-state index is 0.0188. The Kier molecular flexibility index (Phi) is 9.50. The van der Waals surface area contributed by atoms with Gasteiger partial charge in [0.1, 0.15) is 18.2 Å². The molecular weight excluding hydrogens is 592 g/mol. The second-order valence-corrected chi connectivity index (χ2v) is 13.8. The number of anilines is 1. The van der Waals surface area contributed by atoms with Gasteiger partial charge in [0, 0.05) is 43.0 Å². The maximum Gasteiger partial charge on any atom is 0.410 e. The van der Waals surface area contributed by atoms with Crippen molar-refractivity contribution < 1.29 is 22.7 Å². The van der Waals surface area contributed by atoms with Crippen LogP contribution in [0.3, 0.4) is 0 Å². The molecule has 238 valence electrons. The predicted octanol–water partition coefficient (Wildman–Crippen LogP) is 5.12. The van der Waals surface area contributed by atoms with Gasteiger partial charge in [0.05, 0.1) is 18.4 Å². The number of aromatic nitrogens is 3. The summed E-state index contributed by atoms with van der Waals surface area (Å²) in [6, 6.07) is 19.8. The van der Waals surface area contributed by atoms with Crippen molar-refractivity contribution in [2.75, 3.05) is 31.3 Å². The smallest absolute Gasteiger partial charge is 0.410 e. The van der Waals surface area contributed by atoms with Gasteiger partial charge in [0.15, 0.2) is 0 Å². The number of benzene rings is 2. The molecule has 12 heteroatoms. The largest absolute Gasteiger partial charge is 0.493 e. The van der Waals surface area contributed by atoms with Crippen LogP contribution in [-0.4, -0.2) is 72.0 Å². The molecule has 0 spiro atoms. The number of fused-ring (bicyclic) bond motifs is 1. The van der Waals surface area contributed by atoms with E-state index in [-0.39, 0.29) is 24.8 Å². The number of likely N-dealkylation sites (tertiary alicyclic amines) is 1. The van der Waals surface area contributed by atoms with Crippen LogP contribution in [0.2, 0.25) is 0 Å². The van der Waals surface area contributed by atoms with E-state index in [1.54, 1.807) is 11.1 Å². The molecule has 1 amide bonds. The summed E-state index contributed by atoms with van der Waals surface area (Å²) >= 11 is 0. The fourth-order valence-corrected chi connectivity index (χ4v) is 7.00. The number of rotatable bonds is 10. The Hall–Kier alpha value is -4.16. The molecular formula is C33H40N6O5S. The lowest BCUT2D eigenvalue weighted by atomic mass is 9.92. The number of nitrogens with zero attached hydrogens (tertiary/aromatic N) is 4. The van der Waals surface area contributed by atoms with Gasteiger partial charge >= 0.3 is 6.09 Å². The number of nitrogens with one attached hydrogen (secondary N) is 2. The second-order valence-electron chi connectivity index (χ2n) is 12.0. The van der Waals surface area contributed by atoms with Gasteiger partial charge in [-0.1, -0.05) is 36.4 Å². The van der Waals surface area contributed by atoms with Crippen molar-refractivity contribution in [1.29, 1.82) is 0 Å². The Morgan fingerprint density at radius 1 is 0.933 bits per heavy atom. The van der Waals surface area contributed by atoms with E-state index in [4.69, 9.17) is 14.5 Å². The van der Waals surface area contributed by atoms with Crippen molar-refractivity contribution in [1.82, 2.24) is 24.2 Å². The van der Waals surface area contributed by atoms with Gasteiger partial charge in [0.2, 0.25) is 16.0 Å². The molecule has 45 heavy (non-hydrogen) atoms. The lowest BCUT2D eigenvalue weighted by Gasteiger charge is -2.31. The van der Waals surface area contributed by atoms with Crippen LogP contribution >= 0.6 is 0 Å². The molecule has 4 aromatic rings. The summed E-state index contributed by atoms with van der Waals surface area (Å²) in [5.41, 5.74) is 1.97. The number of amides is 1. The number of piperidine rings is 1. The highest BCUT2D eigenvalue weighted by molar-refractivity contribution is 7.88. The monoisotopic (exact) mass is 632 g/mol. The molecule has 2 aromatic heterocycles. The van der Waals surface area contributed by atoms with Gasteiger partial charge in [-0.15, -0.1) is 0 Å².